The number of benzene rings is 4. The molecule has 0 amide bonds. The van der Waals surface area contributed by atoms with Crippen molar-refractivity contribution < 1.29 is 20.1 Å². The summed E-state index contributed by atoms with van der Waals surface area (Å²) in [6.45, 7) is 0. The molecule has 1 aromatic heterocycles. The van der Waals surface area contributed by atoms with E-state index < -0.39 is 17.3 Å². The van der Waals surface area contributed by atoms with Gasteiger partial charge in [0, 0.05) is 12.5 Å². The third-order valence-corrected chi connectivity index (χ3v) is 6.19. The van der Waals surface area contributed by atoms with Crippen LogP contribution in [0, 0.1) is 0 Å². The number of nitrogens with zero attached hydrogens (tertiary/aromatic N) is 4. The maximum Gasteiger partial charge on any atom is 0.339 e. The van der Waals surface area contributed by atoms with Gasteiger partial charge in [-0.1, -0.05) is 66.7 Å². The summed E-state index contributed by atoms with van der Waals surface area (Å²) in [5.74, 6) is -1.97. The molecule has 0 spiro atoms. The molecule has 0 aliphatic heterocycles. The summed E-state index contributed by atoms with van der Waals surface area (Å²) < 4.78 is 2.85. The topological polar surface area (TPSA) is 129 Å². The van der Waals surface area contributed by atoms with Gasteiger partial charge in [-0.05, 0) is 47.5 Å². The van der Waals surface area contributed by atoms with E-state index >= 15 is 0 Å². The summed E-state index contributed by atoms with van der Waals surface area (Å²) in [6, 6.07) is 31.3. The van der Waals surface area contributed by atoms with Crippen molar-refractivity contribution in [1.82, 2.24) is 9.36 Å². The quantitative estimate of drug-likeness (QED) is 0.208. The van der Waals surface area contributed by atoms with Crippen molar-refractivity contribution in [2.45, 2.75) is 6.42 Å². The number of aromatic carboxylic acids is 1. The summed E-state index contributed by atoms with van der Waals surface area (Å²) in [5.41, 5.74) is 1.99. The SMILES string of the molecule is O=C(O)c1ccc(N=N/C=C(\Cc2ccccc2)c2c(O)n(-c3ccccc3)n(-c3ccccc3)c2=O)cc1O. The number of carboxylic acids is 1. The van der Waals surface area contributed by atoms with Gasteiger partial charge in [0.15, 0.2) is 0 Å². The van der Waals surface area contributed by atoms with Crippen LogP contribution in [-0.2, 0) is 6.42 Å². The molecule has 0 aliphatic rings. The van der Waals surface area contributed by atoms with Crippen LogP contribution in [0.1, 0.15) is 21.5 Å². The molecule has 40 heavy (non-hydrogen) atoms. The molecule has 9 heteroatoms. The second kappa shape index (κ2) is 11.4. The van der Waals surface area contributed by atoms with E-state index in [1.165, 1.54) is 33.8 Å². The zero-order valence-electron chi connectivity index (χ0n) is 21.1. The van der Waals surface area contributed by atoms with E-state index in [2.05, 4.69) is 10.2 Å². The van der Waals surface area contributed by atoms with Crippen molar-refractivity contribution in [3.05, 3.63) is 142 Å². The summed E-state index contributed by atoms with van der Waals surface area (Å²) in [7, 11) is 0. The predicted octanol–water partition coefficient (Wildman–Crippen LogP) is 6.11. The molecular weight excluding hydrogens is 508 g/mol. The van der Waals surface area contributed by atoms with Crippen LogP contribution in [0.25, 0.3) is 16.9 Å². The van der Waals surface area contributed by atoms with Crippen LogP contribution in [0.15, 0.2) is 130 Å². The highest BCUT2D eigenvalue weighted by molar-refractivity contribution is 5.91. The number of phenols is 1. The number of carbonyl (C=O) groups is 1. The van der Waals surface area contributed by atoms with Gasteiger partial charge in [-0.25, -0.2) is 14.2 Å². The molecule has 0 aliphatic carbocycles. The zero-order valence-corrected chi connectivity index (χ0v) is 21.1. The average molecular weight is 533 g/mol. The van der Waals surface area contributed by atoms with Gasteiger partial charge in [0.25, 0.3) is 5.56 Å². The molecule has 9 nitrogen and oxygen atoms in total. The van der Waals surface area contributed by atoms with Crippen molar-refractivity contribution >= 4 is 17.2 Å². The molecule has 0 saturated heterocycles. The number of aromatic hydroxyl groups is 2. The van der Waals surface area contributed by atoms with Gasteiger partial charge in [-0.15, -0.1) is 0 Å². The maximum absolute atomic E-state index is 14.0. The van der Waals surface area contributed by atoms with Gasteiger partial charge in [0.05, 0.1) is 23.3 Å². The van der Waals surface area contributed by atoms with Crippen molar-refractivity contribution in [3.63, 3.8) is 0 Å². The lowest BCUT2D eigenvalue weighted by atomic mass is 10.0. The Morgan fingerprint density at radius 3 is 1.93 bits per heavy atom. The number of rotatable bonds is 8. The van der Waals surface area contributed by atoms with Crippen LogP contribution in [0.5, 0.6) is 11.6 Å². The Morgan fingerprint density at radius 1 is 0.775 bits per heavy atom. The highest BCUT2D eigenvalue weighted by Crippen LogP contribution is 2.31. The Hall–Kier alpha value is -5.70. The van der Waals surface area contributed by atoms with Crippen molar-refractivity contribution in [3.8, 4) is 23.0 Å². The standard InChI is InChI=1S/C31H24N4O5/c36-27-19-23(16-17-26(27)31(39)40)33-32-20-22(18-21-10-4-1-5-11-21)28-29(37)34(24-12-6-2-7-13-24)35(30(28)38)25-14-8-3-9-15-25/h1-17,19-20,36-37H,18H2,(H,39,40)/b22-20+,33-32?. The van der Waals surface area contributed by atoms with E-state index in [1.54, 1.807) is 36.4 Å². The highest BCUT2D eigenvalue weighted by atomic mass is 16.4. The van der Waals surface area contributed by atoms with Gasteiger partial charge in [-0.2, -0.15) is 10.2 Å². The first-order valence-electron chi connectivity index (χ1n) is 12.3. The third-order valence-electron chi connectivity index (χ3n) is 6.19. The van der Waals surface area contributed by atoms with Crippen LogP contribution in [-0.4, -0.2) is 30.7 Å². The van der Waals surface area contributed by atoms with Crippen LogP contribution >= 0.6 is 0 Å². The lowest BCUT2D eigenvalue weighted by Crippen LogP contribution is -2.21. The second-order valence-corrected chi connectivity index (χ2v) is 8.84. The summed E-state index contributed by atoms with van der Waals surface area (Å²) >= 11 is 0. The monoisotopic (exact) mass is 532 g/mol. The van der Waals surface area contributed by atoms with Gasteiger partial charge in [0.1, 0.15) is 16.9 Å². The maximum atomic E-state index is 14.0. The zero-order chi connectivity index (χ0) is 28.1. The lowest BCUT2D eigenvalue weighted by Gasteiger charge is -2.12. The smallest absolute Gasteiger partial charge is 0.339 e. The second-order valence-electron chi connectivity index (χ2n) is 8.84. The molecule has 0 atom stereocenters. The summed E-state index contributed by atoms with van der Waals surface area (Å²) in [5, 5.41) is 38.9. The van der Waals surface area contributed by atoms with E-state index in [0.717, 1.165) is 5.56 Å². The number of hydrogen-bond donors (Lipinski definition) is 3. The molecule has 1 heterocycles. The minimum atomic E-state index is -1.26. The van der Waals surface area contributed by atoms with Crippen LogP contribution in [0.2, 0.25) is 0 Å². The number of aromatic nitrogens is 2. The molecule has 0 bridgehead atoms. The molecule has 0 fully saturated rings. The average Bonchev–Trinajstić information content (AvgIpc) is 3.23. The summed E-state index contributed by atoms with van der Waals surface area (Å²) in [4.78, 5) is 25.2. The number of allylic oxidation sites excluding steroid dienone is 1. The first kappa shape index (κ1) is 25.9. The molecule has 3 N–H and O–H groups in total. The first-order valence-corrected chi connectivity index (χ1v) is 12.3. The van der Waals surface area contributed by atoms with Gasteiger partial charge in [0.2, 0.25) is 5.88 Å². The van der Waals surface area contributed by atoms with Crippen molar-refractivity contribution in [1.29, 1.82) is 0 Å². The predicted molar refractivity (Wildman–Crippen MR) is 151 cm³/mol. The number of azo groups is 1. The Labute approximate surface area is 228 Å². The lowest BCUT2D eigenvalue weighted by molar-refractivity contribution is 0.0693. The largest absolute Gasteiger partial charge is 0.507 e. The summed E-state index contributed by atoms with van der Waals surface area (Å²) in [6.07, 6.45) is 1.65. The van der Waals surface area contributed by atoms with Gasteiger partial charge >= 0.3 is 5.97 Å². The fourth-order valence-corrected chi connectivity index (χ4v) is 4.33. The van der Waals surface area contributed by atoms with E-state index in [4.69, 9.17) is 5.11 Å². The van der Waals surface area contributed by atoms with E-state index in [-0.39, 0.29) is 29.1 Å². The van der Waals surface area contributed by atoms with Crippen LogP contribution < -0.4 is 5.56 Å². The van der Waals surface area contributed by atoms with E-state index in [9.17, 15) is 19.8 Å². The van der Waals surface area contributed by atoms with Gasteiger partial charge < -0.3 is 15.3 Å². The molecule has 0 saturated carbocycles. The fourth-order valence-electron chi connectivity index (χ4n) is 4.33. The first-order chi connectivity index (χ1) is 19.4. The van der Waals surface area contributed by atoms with Crippen molar-refractivity contribution in [2.75, 3.05) is 0 Å². The van der Waals surface area contributed by atoms with Gasteiger partial charge in [-0.3, -0.25) is 4.79 Å². The van der Waals surface area contributed by atoms with E-state index in [0.29, 0.717) is 16.9 Å². The fraction of sp³-hybridized carbons (Fsp3) is 0.0323. The molecule has 198 valence electrons. The molecule has 5 rings (SSSR count). The Kier molecular flexibility index (Phi) is 7.36. The Balaban J connectivity index is 1.67. The molecule has 4 aromatic carbocycles. The highest BCUT2D eigenvalue weighted by Gasteiger charge is 2.25. The third kappa shape index (κ3) is 5.30. The normalized spacial score (nSPS) is 11.7. The van der Waals surface area contributed by atoms with Crippen molar-refractivity contribution in [2.24, 2.45) is 10.2 Å². The molecular formula is C31H24N4O5. The Morgan fingerprint density at radius 2 is 1.35 bits per heavy atom. The number of hydrogen-bond acceptors (Lipinski definition) is 6. The number of carboxylic acid groups (broad SMARTS) is 1. The molecule has 0 unspecified atom stereocenters. The molecule has 5 aromatic rings. The minimum Gasteiger partial charge on any atom is -0.507 e. The van der Waals surface area contributed by atoms with Crippen LogP contribution in [0.3, 0.4) is 0 Å². The molecule has 0 radical (unpaired) electrons. The Bertz CT molecular complexity index is 1770. The van der Waals surface area contributed by atoms with Crippen LogP contribution in [0.4, 0.5) is 5.69 Å². The number of para-hydroxylation sites is 2. The minimum absolute atomic E-state index is 0.0552. The van der Waals surface area contributed by atoms with E-state index in [1.807, 2.05) is 54.6 Å².